The standard InChI is InChI=1S/C12H14BrN3O2/c1-2-14-10(17)6-15-11-8-5-7(13)3-4-9(8)16-12(11)18/h3-5,11,15H,2,6H2,1H3,(H,14,17)(H,16,18). The average Bonchev–Trinajstić information content (AvgIpc) is 2.62. The number of halogens is 1. The minimum atomic E-state index is -0.472. The molecule has 0 radical (unpaired) electrons. The van der Waals surface area contributed by atoms with Crippen molar-refractivity contribution in [2.75, 3.05) is 18.4 Å². The lowest BCUT2D eigenvalue weighted by Gasteiger charge is -2.11. The summed E-state index contributed by atoms with van der Waals surface area (Å²) in [7, 11) is 0. The maximum absolute atomic E-state index is 11.8. The molecule has 2 amide bonds. The van der Waals surface area contributed by atoms with Crippen molar-refractivity contribution in [3.8, 4) is 0 Å². The molecule has 0 saturated carbocycles. The first-order valence-corrected chi connectivity index (χ1v) is 6.51. The Hall–Kier alpha value is -1.40. The van der Waals surface area contributed by atoms with E-state index in [1.165, 1.54) is 0 Å². The fraction of sp³-hybridized carbons (Fsp3) is 0.333. The van der Waals surface area contributed by atoms with Crippen LogP contribution in [0.15, 0.2) is 22.7 Å². The number of hydrogen-bond acceptors (Lipinski definition) is 3. The van der Waals surface area contributed by atoms with Gasteiger partial charge in [0.2, 0.25) is 11.8 Å². The van der Waals surface area contributed by atoms with Crippen LogP contribution in [-0.2, 0) is 9.59 Å². The van der Waals surface area contributed by atoms with Crippen molar-refractivity contribution in [1.82, 2.24) is 10.6 Å². The molecule has 1 heterocycles. The van der Waals surface area contributed by atoms with E-state index in [1.54, 1.807) is 0 Å². The van der Waals surface area contributed by atoms with Crippen molar-refractivity contribution in [2.24, 2.45) is 0 Å². The van der Waals surface area contributed by atoms with Crippen LogP contribution >= 0.6 is 15.9 Å². The summed E-state index contributed by atoms with van der Waals surface area (Å²) in [5.74, 6) is -0.249. The second-order valence-electron chi connectivity index (χ2n) is 3.99. The second kappa shape index (κ2) is 5.49. The largest absolute Gasteiger partial charge is 0.355 e. The molecule has 18 heavy (non-hydrogen) atoms. The predicted molar refractivity (Wildman–Crippen MR) is 72.2 cm³/mol. The molecule has 0 bridgehead atoms. The summed E-state index contributed by atoms with van der Waals surface area (Å²) in [5.41, 5.74) is 1.65. The van der Waals surface area contributed by atoms with Gasteiger partial charge >= 0.3 is 0 Å². The third kappa shape index (κ3) is 2.70. The van der Waals surface area contributed by atoms with Gasteiger partial charge in [0.05, 0.1) is 6.54 Å². The normalized spacial score (nSPS) is 17.2. The number of amides is 2. The summed E-state index contributed by atoms with van der Waals surface area (Å²) >= 11 is 3.37. The van der Waals surface area contributed by atoms with Crippen molar-refractivity contribution >= 4 is 33.4 Å². The molecule has 0 saturated heterocycles. The summed E-state index contributed by atoms with van der Waals surface area (Å²) in [6.07, 6.45) is 0. The molecule has 1 aromatic rings. The SMILES string of the molecule is CCNC(=O)CNC1C(=O)Nc2ccc(Br)cc21. The van der Waals surface area contributed by atoms with Crippen molar-refractivity contribution in [3.05, 3.63) is 28.2 Å². The van der Waals surface area contributed by atoms with Crippen molar-refractivity contribution < 1.29 is 9.59 Å². The maximum atomic E-state index is 11.8. The predicted octanol–water partition coefficient (Wildman–Crippen LogP) is 1.17. The second-order valence-corrected chi connectivity index (χ2v) is 4.90. The zero-order valence-corrected chi connectivity index (χ0v) is 11.5. The fourth-order valence-electron chi connectivity index (χ4n) is 1.89. The molecule has 0 spiro atoms. The highest BCUT2D eigenvalue weighted by Gasteiger charge is 2.30. The van der Waals surface area contributed by atoms with Gasteiger partial charge in [0.25, 0.3) is 0 Å². The number of likely N-dealkylation sites (N-methyl/N-ethyl adjacent to an activating group) is 1. The van der Waals surface area contributed by atoms with Gasteiger partial charge in [-0.25, -0.2) is 0 Å². The Balaban J connectivity index is 2.08. The van der Waals surface area contributed by atoms with Gasteiger partial charge in [-0.3, -0.25) is 14.9 Å². The van der Waals surface area contributed by atoms with E-state index >= 15 is 0 Å². The molecule has 6 heteroatoms. The molecular formula is C12H14BrN3O2. The van der Waals surface area contributed by atoms with Crippen LogP contribution in [0.2, 0.25) is 0 Å². The zero-order valence-electron chi connectivity index (χ0n) is 9.92. The van der Waals surface area contributed by atoms with Crippen LogP contribution in [0.5, 0.6) is 0 Å². The van der Waals surface area contributed by atoms with E-state index in [0.717, 1.165) is 15.7 Å². The van der Waals surface area contributed by atoms with Crippen LogP contribution < -0.4 is 16.0 Å². The van der Waals surface area contributed by atoms with Crippen molar-refractivity contribution in [3.63, 3.8) is 0 Å². The Morgan fingerprint density at radius 3 is 3.00 bits per heavy atom. The highest BCUT2D eigenvalue weighted by molar-refractivity contribution is 9.10. The van der Waals surface area contributed by atoms with Gasteiger partial charge in [0.15, 0.2) is 0 Å². The van der Waals surface area contributed by atoms with Crippen LogP contribution in [-0.4, -0.2) is 24.9 Å². The molecule has 5 nitrogen and oxygen atoms in total. The highest BCUT2D eigenvalue weighted by atomic mass is 79.9. The number of hydrogen-bond donors (Lipinski definition) is 3. The van der Waals surface area contributed by atoms with Gasteiger partial charge in [-0.2, -0.15) is 0 Å². The highest BCUT2D eigenvalue weighted by Crippen LogP contribution is 2.32. The van der Waals surface area contributed by atoms with Gasteiger partial charge in [0.1, 0.15) is 6.04 Å². The summed E-state index contributed by atoms with van der Waals surface area (Å²) in [6.45, 7) is 2.56. The summed E-state index contributed by atoms with van der Waals surface area (Å²) in [5, 5.41) is 8.41. The Morgan fingerprint density at radius 1 is 1.50 bits per heavy atom. The smallest absolute Gasteiger partial charge is 0.246 e. The molecule has 0 aliphatic carbocycles. The summed E-state index contributed by atoms with van der Waals surface area (Å²) in [4.78, 5) is 23.2. The minimum Gasteiger partial charge on any atom is -0.355 e. The van der Waals surface area contributed by atoms with E-state index in [-0.39, 0.29) is 18.4 Å². The maximum Gasteiger partial charge on any atom is 0.246 e. The van der Waals surface area contributed by atoms with E-state index in [4.69, 9.17) is 0 Å². The lowest BCUT2D eigenvalue weighted by Crippen LogP contribution is -2.37. The average molecular weight is 312 g/mol. The van der Waals surface area contributed by atoms with Crippen LogP contribution in [0.3, 0.4) is 0 Å². The van der Waals surface area contributed by atoms with E-state index in [2.05, 4.69) is 31.9 Å². The Morgan fingerprint density at radius 2 is 2.28 bits per heavy atom. The third-order valence-corrected chi connectivity index (χ3v) is 3.18. The topological polar surface area (TPSA) is 70.2 Å². The Kier molecular flexibility index (Phi) is 3.98. The lowest BCUT2D eigenvalue weighted by molar-refractivity contribution is -0.121. The molecule has 1 aliphatic heterocycles. The monoisotopic (exact) mass is 311 g/mol. The molecular weight excluding hydrogens is 298 g/mol. The Bertz CT molecular complexity index is 490. The zero-order chi connectivity index (χ0) is 13.1. The minimum absolute atomic E-state index is 0.117. The number of carbonyl (C=O) groups is 2. The molecule has 2 rings (SSSR count). The number of benzene rings is 1. The van der Waals surface area contributed by atoms with Gasteiger partial charge in [-0.15, -0.1) is 0 Å². The van der Waals surface area contributed by atoms with Crippen molar-refractivity contribution in [1.29, 1.82) is 0 Å². The first-order valence-electron chi connectivity index (χ1n) is 5.72. The molecule has 0 fully saturated rings. The molecule has 1 aromatic carbocycles. The summed E-state index contributed by atoms with van der Waals surface area (Å²) < 4.78 is 0.905. The number of fused-ring (bicyclic) bond motifs is 1. The molecule has 96 valence electrons. The van der Waals surface area contributed by atoms with Gasteiger partial charge in [-0.1, -0.05) is 15.9 Å². The fourth-order valence-corrected chi connectivity index (χ4v) is 2.27. The summed E-state index contributed by atoms with van der Waals surface area (Å²) in [6, 6.07) is 5.11. The van der Waals surface area contributed by atoms with E-state index < -0.39 is 6.04 Å². The number of carbonyl (C=O) groups excluding carboxylic acids is 2. The quantitative estimate of drug-likeness (QED) is 0.781. The number of rotatable bonds is 4. The molecule has 1 unspecified atom stereocenters. The van der Waals surface area contributed by atoms with E-state index in [9.17, 15) is 9.59 Å². The van der Waals surface area contributed by atoms with Crippen molar-refractivity contribution in [2.45, 2.75) is 13.0 Å². The lowest BCUT2D eigenvalue weighted by atomic mass is 10.1. The molecule has 1 aliphatic rings. The molecule has 0 aromatic heterocycles. The molecule has 1 atom stereocenters. The van der Waals surface area contributed by atoms with Crippen LogP contribution in [0.4, 0.5) is 5.69 Å². The third-order valence-electron chi connectivity index (χ3n) is 2.69. The van der Waals surface area contributed by atoms with E-state index in [0.29, 0.717) is 6.54 Å². The van der Waals surface area contributed by atoms with Crippen LogP contribution in [0.25, 0.3) is 0 Å². The Labute approximate surface area is 113 Å². The first-order chi connectivity index (χ1) is 8.61. The van der Waals surface area contributed by atoms with Gasteiger partial charge in [-0.05, 0) is 25.1 Å². The van der Waals surface area contributed by atoms with Crippen LogP contribution in [0.1, 0.15) is 18.5 Å². The van der Waals surface area contributed by atoms with E-state index in [1.807, 2.05) is 25.1 Å². The van der Waals surface area contributed by atoms with Gasteiger partial charge in [0, 0.05) is 22.3 Å². The number of nitrogens with one attached hydrogen (secondary N) is 3. The van der Waals surface area contributed by atoms with Crippen LogP contribution in [0, 0.1) is 0 Å². The first kappa shape index (κ1) is 13.0. The van der Waals surface area contributed by atoms with Gasteiger partial charge < -0.3 is 10.6 Å². The number of anilines is 1. The molecule has 3 N–H and O–H groups in total.